The fourth-order valence-corrected chi connectivity index (χ4v) is 6.07. The molecule has 0 aliphatic carbocycles. The van der Waals surface area contributed by atoms with Crippen LogP contribution in [0, 0.1) is 6.92 Å². The number of para-hydroxylation sites is 1. The number of allylic oxidation sites excluding steroid dienone is 1. The normalized spacial score (nSPS) is 15.3. The van der Waals surface area contributed by atoms with Crippen molar-refractivity contribution in [3.8, 4) is 5.69 Å². The predicted molar refractivity (Wildman–Crippen MR) is 139 cm³/mol. The molecule has 172 valence electrons. The van der Waals surface area contributed by atoms with Crippen molar-refractivity contribution in [2.24, 2.45) is 7.05 Å². The van der Waals surface area contributed by atoms with Crippen LogP contribution >= 0.6 is 23.1 Å². The molecule has 4 nitrogen and oxygen atoms in total. The average Bonchev–Trinajstić information content (AvgIpc) is 3.36. The number of benzene rings is 2. The summed E-state index contributed by atoms with van der Waals surface area (Å²) in [4.78, 5) is 16.1. The second-order valence-corrected chi connectivity index (χ2v) is 9.87. The van der Waals surface area contributed by atoms with E-state index in [2.05, 4.69) is 53.0 Å². The number of pyridine rings is 1. The first-order valence-electron chi connectivity index (χ1n) is 10.7. The maximum absolute atomic E-state index is 13.9. The van der Waals surface area contributed by atoms with E-state index in [0.29, 0.717) is 0 Å². The first-order valence-corrected chi connectivity index (χ1v) is 12.4. The molecular weight excluding hydrogens is 573 g/mol. The third kappa shape index (κ3) is 4.64. The second kappa shape index (κ2) is 10.3. The molecule has 0 bridgehead atoms. The number of nitrogens with zero attached hydrogens (tertiary/aromatic N) is 3. The van der Waals surface area contributed by atoms with E-state index in [1.165, 1.54) is 11.3 Å². The summed E-state index contributed by atoms with van der Waals surface area (Å²) < 4.78 is 5.52. The van der Waals surface area contributed by atoms with E-state index < -0.39 is 0 Å². The topological polar surface area (TPSA) is 29.1 Å². The Morgan fingerprint density at radius 1 is 0.882 bits per heavy atom. The Morgan fingerprint density at radius 2 is 1.59 bits per heavy atom. The quantitative estimate of drug-likeness (QED) is 0.261. The Bertz CT molecular complexity index is 1540. The molecule has 0 saturated carbocycles. The molecular formula is C27H24IN3OS2. The van der Waals surface area contributed by atoms with Crippen LogP contribution in [0.4, 0.5) is 5.69 Å². The number of aryl methyl sites for hydroxylation is 2. The highest BCUT2D eigenvalue weighted by molar-refractivity contribution is 8.11. The highest BCUT2D eigenvalue weighted by Crippen LogP contribution is 2.38. The number of anilines is 1. The molecule has 0 radical (unpaired) electrons. The summed E-state index contributed by atoms with van der Waals surface area (Å²) in [6, 6.07) is 24.4. The van der Waals surface area contributed by atoms with E-state index in [1.54, 1.807) is 11.8 Å². The van der Waals surface area contributed by atoms with Gasteiger partial charge >= 0.3 is 0 Å². The molecule has 0 saturated heterocycles. The monoisotopic (exact) mass is 597 g/mol. The molecule has 0 spiro atoms. The molecule has 0 unspecified atom stereocenters. The Labute approximate surface area is 224 Å². The van der Waals surface area contributed by atoms with Gasteiger partial charge in [-0.3, -0.25) is 9.36 Å². The Hall–Kier alpha value is -2.62. The molecule has 2 aromatic carbocycles. The van der Waals surface area contributed by atoms with E-state index >= 15 is 0 Å². The minimum absolute atomic E-state index is 0. The smallest absolute Gasteiger partial charge is 0.276 e. The van der Waals surface area contributed by atoms with Crippen LogP contribution in [0.5, 0.6) is 0 Å². The summed E-state index contributed by atoms with van der Waals surface area (Å²) in [6.45, 7) is 4.13. The number of halogens is 1. The van der Waals surface area contributed by atoms with Crippen LogP contribution in [-0.2, 0) is 7.05 Å². The molecule has 0 N–H and O–H groups in total. The van der Waals surface area contributed by atoms with Gasteiger partial charge in [0.05, 0.1) is 5.69 Å². The lowest BCUT2D eigenvalue weighted by Gasteiger charge is -2.20. The summed E-state index contributed by atoms with van der Waals surface area (Å²) >= 11 is 3.14. The van der Waals surface area contributed by atoms with Crippen LogP contribution in [0.3, 0.4) is 0 Å². The van der Waals surface area contributed by atoms with Crippen molar-refractivity contribution in [1.82, 2.24) is 4.57 Å². The van der Waals surface area contributed by atoms with E-state index in [1.807, 2.05) is 72.4 Å². The lowest BCUT2D eigenvalue weighted by atomic mass is 10.2. The highest BCUT2D eigenvalue weighted by Gasteiger charge is 2.23. The van der Waals surface area contributed by atoms with Gasteiger partial charge in [-0.2, -0.15) is 0 Å². The summed E-state index contributed by atoms with van der Waals surface area (Å²) in [5.74, 6) is 0. The fourth-order valence-electron chi connectivity index (χ4n) is 3.84. The van der Waals surface area contributed by atoms with Gasteiger partial charge in [-0.1, -0.05) is 47.7 Å². The van der Waals surface area contributed by atoms with Crippen molar-refractivity contribution in [1.29, 1.82) is 0 Å². The van der Waals surface area contributed by atoms with Crippen molar-refractivity contribution < 1.29 is 28.5 Å². The van der Waals surface area contributed by atoms with Crippen molar-refractivity contribution in [2.45, 2.75) is 13.8 Å². The van der Waals surface area contributed by atoms with Crippen LogP contribution in [0.15, 0.2) is 94.9 Å². The molecule has 2 aromatic heterocycles. The Morgan fingerprint density at radius 3 is 2.29 bits per heavy atom. The van der Waals surface area contributed by atoms with Crippen molar-refractivity contribution in [3.63, 3.8) is 0 Å². The number of rotatable bonds is 3. The van der Waals surface area contributed by atoms with Crippen LogP contribution < -0.4 is 48.2 Å². The zero-order valence-electron chi connectivity index (χ0n) is 19.1. The largest absolute Gasteiger partial charge is 1.00 e. The fraction of sp³-hybridized carbons (Fsp3) is 0.111. The first-order chi connectivity index (χ1) is 16.0. The van der Waals surface area contributed by atoms with Crippen LogP contribution in [0.25, 0.3) is 16.8 Å². The number of thiazole rings is 1. The van der Waals surface area contributed by atoms with E-state index in [-0.39, 0.29) is 29.5 Å². The molecule has 1 aliphatic heterocycles. The van der Waals surface area contributed by atoms with Crippen molar-refractivity contribution in [2.75, 3.05) is 4.90 Å². The standard InChI is InChI=1S/C27H24N3OS2.HI/c1-19-12-14-22(15-13-19)30-24(17-23-11-7-8-16-28(23)3)33-25(26(30)31)27-29(20(2)18-32-27)21-9-5-4-6-10-21;/h4-18H,1-3H3;1H/q+1;/p-1/b27-25+;. The maximum atomic E-state index is 13.9. The molecule has 7 heteroatoms. The minimum Gasteiger partial charge on any atom is -1.00 e. The molecule has 5 rings (SSSR count). The first kappa shape index (κ1) is 24.5. The van der Waals surface area contributed by atoms with Gasteiger partial charge in [0.2, 0.25) is 5.69 Å². The maximum Gasteiger partial charge on any atom is 0.276 e. The second-order valence-electron chi connectivity index (χ2n) is 7.98. The van der Waals surface area contributed by atoms with Crippen LogP contribution in [0.2, 0.25) is 0 Å². The third-order valence-electron chi connectivity index (χ3n) is 5.59. The van der Waals surface area contributed by atoms with Gasteiger partial charge in [-0.25, -0.2) is 4.57 Å². The van der Waals surface area contributed by atoms with Gasteiger partial charge in [0.1, 0.15) is 21.3 Å². The van der Waals surface area contributed by atoms with Gasteiger partial charge in [0.15, 0.2) is 6.20 Å². The predicted octanol–water partition coefficient (Wildman–Crippen LogP) is 1.05. The van der Waals surface area contributed by atoms with Gasteiger partial charge in [0, 0.05) is 29.6 Å². The molecule has 1 aliphatic rings. The molecule has 0 atom stereocenters. The van der Waals surface area contributed by atoms with Gasteiger partial charge in [0.25, 0.3) is 5.56 Å². The van der Waals surface area contributed by atoms with Crippen molar-refractivity contribution in [3.05, 3.63) is 121 Å². The highest BCUT2D eigenvalue weighted by atomic mass is 127. The molecule has 0 fully saturated rings. The molecule has 34 heavy (non-hydrogen) atoms. The van der Waals surface area contributed by atoms with Crippen molar-refractivity contribution >= 4 is 39.9 Å². The number of aromatic nitrogens is 2. The van der Waals surface area contributed by atoms with Crippen LogP contribution in [0.1, 0.15) is 18.2 Å². The lowest BCUT2D eigenvalue weighted by molar-refractivity contribution is -0.673. The zero-order valence-corrected chi connectivity index (χ0v) is 22.9. The van der Waals surface area contributed by atoms with Crippen LogP contribution in [-0.4, -0.2) is 4.57 Å². The number of hydrogen-bond donors (Lipinski definition) is 0. The molecule has 4 aromatic rings. The summed E-state index contributed by atoms with van der Waals surface area (Å²) in [5.41, 5.74) is 5.23. The lowest BCUT2D eigenvalue weighted by Crippen LogP contribution is -3.00. The number of thioether (sulfide) groups is 1. The average molecular weight is 598 g/mol. The Balaban J connectivity index is 0.00000274. The zero-order chi connectivity index (χ0) is 22.9. The third-order valence-corrected chi connectivity index (χ3v) is 7.87. The van der Waals surface area contributed by atoms with Gasteiger partial charge < -0.3 is 28.9 Å². The van der Waals surface area contributed by atoms with Gasteiger partial charge in [-0.15, -0.1) is 11.3 Å². The van der Waals surface area contributed by atoms with E-state index in [9.17, 15) is 4.79 Å². The van der Waals surface area contributed by atoms with E-state index in [0.717, 1.165) is 42.6 Å². The summed E-state index contributed by atoms with van der Waals surface area (Å²) in [7, 11) is 2.01. The molecule has 0 amide bonds. The van der Waals surface area contributed by atoms with E-state index in [4.69, 9.17) is 0 Å². The summed E-state index contributed by atoms with van der Waals surface area (Å²) in [5, 5.41) is 3.06. The van der Waals surface area contributed by atoms with Gasteiger partial charge in [-0.05, 0) is 49.6 Å². The minimum atomic E-state index is 0. The number of hydrogen-bond acceptors (Lipinski definition) is 4. The summed E-state index contributed by atoms with van der Waals surface area (Å²) in [6.07, 6.45) is 4.10. The molecule has 3 heterocycles. The SMILES string of the molecule is CC1=CS/C(=c2/s/c(=C\c3cccc[n+]3C)n(-c3ccc(C)cc3)c2=O)N1c1ccccc1.[I-]. The Kier molecular flexibility index (Phi) is 7.45.